The lowest BCUT2D eigenvalue weighted by atomic mass is 10.2. The van der Waals surface area contributed by atoms with Crippen molar-refractivity contribution in [3.8, 4) is 0 Å². The van der Waals surface area contributed by atoms with Crippen LogP contribution in [0, 0.1) is 0 Å². The van der Waals surface area contributed by atoms with Gasteiger partial charge in [-0.15, -0.1) is 11.3 Å². The summed E-state index contributed by atoms with van der Waals surface area (Å²) in [5, 5.41) is 11.6. The molecule has 0 aromatic carbocycles. The fraction of sp³-hybridized carbons (Fsp3) is 0.308. The van der Waals surface area contributed by atoms with Crippen LogP contribution in [0.15, 0.2) is 35.8 Å². The van der Waals surface area contributed by atoms with Crippen LogP contribution in [0.2, 0.25) is 0 Å². The van der Waals surface area contributed by atoms with Crippen molar-refractivity contribution in [2.45, 2.75) is 19.6 Å². The fourth-order valence-corrected chi connectivity index (χ4v) is 2.38. The van der Waals surface area contributed by atoms with E-state index in [0.29, 0.717) is 0 Å². The third kappa shape index (κ3) is 3.05. The normalized spacial score (nSPS) is 12.4. The standard InChI is InChI=1S/C13H16N2OS/c1-10(16)11-5-6-14-13(8-11)15(2)9-12-4-3-7-17-12/h3-8,10,16H,9H2,1-2H3. The molecule has 0 bridgehead atoms. The lowest BCUT2D eigenvalue weighted by Crippen LogP contribution is -2.17. The first-order valence-electron chi connectivity index (χ1n) is 5.54. The molecule has 2 aromatic rings. The maximum Gasteiger partial charge on any atom is 0.128 e. The monoisotopic (exact) mass is 248 g/mol. The smallest absolute Gasteiger partial charge is 0.128 e. The van der Waals surface area contributed by atoms with Crippen molar-refractivity contribution in [1.82, 2.24) is 4.98 Å². The Balaban J connectivity index is 2.13. The summed E-state index contributed by atoms with van der Waals surface area (Å²) in [6.45, 7) is 2.60. The van der Waals surface area contributed by atoms with Crippen LogP contribution in [0.25, 0.3) is 0 Å². The number of aliphatic hydroxyl groups is 1. The van der Waals surface area contributed by atoms with Gasteiger partial charge in [0.15, 0.2) is 0 Å². The summed E-state index contributed by atoms with van der Waals surface area (Å²) in [6.07, 6.45) is 1.29. The molecule has 1 N–H and O–H groups in total. The predicted molar refractivity (Wildman–Crippen MR) is 71.3 cm³/mol. The minimum atomic E-state index is -0.452. The number of hydrogen-bond donors (Lipinski definition) is 1. The van der Waals surface area contributed by atoms with E-state index in [1.54, 1.807) is 24.5 Å². The van der Waals surface area contributed by atoms with Crippen LogP contribution in [0.1, 0.15) is 23.5 Å². The van der Waals surface area contributed by atoms with E-state index in [2.05, 4.69) is 21.3 Å². The number of hydrogen-bond acceptors (Lipinski definition) is 4. The number of nitrogens with zero attached hydrogens (tertiary/aromatic N) is 2. The van der Waals surface area contributed by atoms with Crippen molar-refractivity contribution in [2.75, 3.05) is 11.9 Å². The summed E-state index contributed by atoms with van der Waals surface area (Å²) in [6, 6.07) is 7.93. The summed E-state index contributed by atoms with van der Waals surface area (Å²) in [5.41, 5.74) is 0.896. The molecule has 0 radical (unpaired) electrons. The maximum absolute atomic E-state index is 9.54. The van der Waals surface area contributed by atoms with Crippen LogP contribution in [0.4, 0.5) is 5.82 Å². The molecule has 2 heterocycles. The molecular formula is C13H16N2OS. The van der Waals surface area contributed by atoms with Crippen molar-refractivity contribution in [2.24, 2.45) is 0 Å². The van der Waals surface area contributed by atoms with Gasteiger partial charge >= 0.3 is 0 Å². The molecular weight excluding hydrogens is 232 g/mol. The van der Waals surface area contributed by atoms with Crippen LogP contribution >= 0.6 is 11.3 Å². The second-order valence-electron chi connectivity index (χ2n) is 4.06. The van der Waals surface area contributed by atoms with Crippen molar-refractivity contribution < 1.29 is 5.11 Å². The Morgan fingerprint density at radius 2 is 2.29 bits per heavy atom. The van der Waals surface area contributed by atoms with E-state index in [0.717, 1.165) is 17.9 Å². The quantitative estimate of drug-likeness (QED) is 0.904. The lowest BCUT2D eigenvalue weighted by Gasteiger charge is -2.18. The van der Waals surface area contributed by atoms with Crippen molar-refractivity contribution in [3.63, 3.8) is 0 Å². The molecule has 17 heavy (non-hydrogen) atoms. The molecule has 3 nitrogen and oxygen atoms in total. The highest BCUT2D eigenvalue weighted by Gasteiger charge is 2.07. The summed E-state index contributed by atoms with van der Waals surface area (Å²) >= 11 is 1.74. The van der Waals surface area contributed by atoms with Crippen LogP contribution in [0.3, 0.4) is 0 Å². The zero-order valence-corrected chi connectivity index (χ0v) is 10.8. The first-order valence-corrected chi connectivity index (χ1v) is 6.42. The Bertz CT molecular complexity index is 468. The van der Waals surface area contributed by atoms with E-state index in [4.69, 9.17) is 0 Å². The van der Waals surface area contributed by atoms with Gasteiger partial charge in [-0.1, -0.05) is 6.07 Å². The average molecular weight is 248 g/mol. The Morgan fingerprint density at radius 1 is 1.47 bits per heavy atom. The largest absolute Gasteiger partial charge is 0.389 e. The Morgan fingerprint density at radius 3 is 2.94 bits per heavy atom. The van der Waals surface area contributed by atoms with Crippen LogP contribution in [-0.4, -0.2) is 17.1 Å². The van der Waals surface area contributed by atoms with Gasteiger partial charge in [0.05, 0.1) is 12.6 Å². The van der Waals surface area contributed by atoms with Gasteiger partial charge in [0.1, 0.15) is 5.82 Å². The van der Waals surface area contributed by atoms with E-state index >= 15 is 0 Å². The maximum atomic E-state index is 9.54. The number of pyridine rings is 1. The molecule has 0 aliphatic carbocycles. The molecule has 4 heteroatoms. The highest BCUT2D eigenvalue weighted by atomic mass is 32.1. The number of aromatic nitrogens is 1. The van der Waals surface area contributed by atoms with Gasteiger partial charge in [-0.25, -0.2) is 4.98 Å². The fourth-order valence-electron chi connectivity index (χ4n) is 1.62. The zero-order valence-electron chi connectivity index (χ0n) is 10.00. The molecule has 90 valence electrons. The molecule has 0 saturated heterocycles. The van der Waals surface area contributed by atoms with Crippen molar-refractivity contribution in [3.05, 3.63) is 46.3 Å². The van der Waals surface area contributed by atoms with Gasteiger partial charge in [0.2, 0.25) is 0 Å². The summed E-state index contributed by atoms with van der Waals surface area (Å²) in [4.78, 5) is 7.71. The molecule has 0 spiro atoms. The van der Waals surface area contributed by atoms with Gasteiger partial charge in [-0.2, -0.15) is 0 Å². The van der Waals surface area contributed by atoms with E-state index in [1.165, 1.54) is 4.88 Å². The molecule has 0 fully saturated rings. The second-order valence-corrected chi connectivity index (χ2v) is 5.09. The molecule has 2 aromatic heterocycles. The van der Waals surface area contributed by atoms with E-state index in [1.807, 2.05) is 25.2 Å². The minimum Gasteiger partial charge on any atom is -0.389 e. The molecule has 1 unspecified atom stereocenters. The first kappa shape index (κ1) is 12.1. The van der Waals surface area contributed by atoms with Gasteiger partial charge in [-0.3, -0.25) is 0 Å². The summed E-state index contributed by atoms with van der Waals surface area (Å²) in [5.74, 6) is 0.886. The number of anilines is 1. The average Bonchev–Trinajstić information content (AvgIpc) is 2.82. The summed E-state index contributed by atoms with van der Waals surface area (Å²) in [7, 11) is 2.01. The lowest BCUT2D eigenvalue weighted by molar-refractivity contribution is 0.199. The van der Waals surface area contributed by atoms with Gasteiger partial charge < -0.3 is 10.0 Å². The van der Waals surface area contributed by atoms with Crippen LogP contribution < -0.4 is 4.90 Å². The zero-order chi connectivity index (χ0) is 12.3. The molecule has 2 rings (SSSR count). The van der Waals surface area contributed by atoms with Gasteiger partial charge in [-0.05, 0) is 36.1 Å². The van der Waals surface area contributed by atoms with E-state index < -0.39 is 6.10 Å². The molecule has 1 atom stereocenters. The molecule has 0 amide bonds. The third-order valence-electron chi connectivity index (χ3n) is 2.62. The van der Waals surface area contributed by atoms with Gasteiger partial charge in [0, 0.05) is 18.1 Å². The highest BCUT2D eigenvalue weighted by Crippen LogP contribution is 2.19. The Labute approximate surface area is 105 Å². The molecule has 0 aliphatic heterocycles. The predicted octanol–water partition coefficient (Wildman–Crippen LogP) is 2.83. The third-order valence-corrected chi connectivity index (χ3v) is 3.48. The second kappa shape index (κ2) is 5.29. The number of aliphatic hydroxyl groups excluding tert-OH is 1. The Kier molecular flexibility index (Phi) is 3.76. The Hall–Kier alpha value is -1.39. The topological polar surface area (TPSA) is 36.4 Å². The minimum absolute atomic E-state index is 0.452. The van der Waals surface area contributed by atoms with Crippen LogP contribution in [0.5, 0.6) is 0 Å². The molecule has 0 aliphatic rings. The number of thiophene rings is 1. The number of rotatable bonds is 4. The SMILES string of the molecule is CC(O)c1ccnc(N(C)Cc2cccs2)c1. The van der Waals surface area contributed by atoms with Crippen molar-refractivity contribution >= 4 is 17.2 Å². The van der Waals surface area contributed by atoms with Gasteiger partial charge in [0.25, 0.3) is 0 Å². The van der Waals surface area contributed by atoms with Crippen molar-refractivity contribution in [1.29, 1.82) is 0 Å². The highest BCUT2D eigenvalue weighted by molar-refractivity contribution is 7.09. The van der Waals surface area contributed by atoms with Crippen LogP contribution in [-0.2, 0) is 6.54 Å². The summed E-state index contributed by atoms with van der Waals surface area (Å²) < 4.78 is 0. The first-order chi connectivity index (χ1) is 8.16. The van der Waals surface area contributed by atoms with E-state index in [-0.39, 0.29) is 0 Å². The molecule has 0 saturated carbocycles. The van der Waals surface area contributed by atoms with E-state index in [9.17, 15) is 5.11 Å².